The molecular weight excluding hydrogens is 345 g/mol. The molecule has 1 heterocycles. The van der Waals surface area contributed by atoms with Gasteiger partial charge in [0.2, 0.25) is 0 Å². The monoisotopic (exact) mass is 359 g/mol. The smallest absolute Gasteiger partial charge is 0.348 e. The van der Waals surface area contributed by atoms with E-state index < -0.39 is 24.3 Å². The van der Waals surface area contributed by atoms with Crippen molar-refractivity contribution in [3.8, 4) is 5.75 Å². The molecule has 0 unspecified atom stereocenters. The van der Waals surface area contributed by atoms with E-state index in [0.29, 0.717) is 21.5 Å². The Hall–Kier alpha value is -2.93. The Labute approximate surface area is 147 Å². The average Bonchev–Trinajstić information content (AvgIpc) is 3.05. The maximum Gasteiger partial charge on any atom is 0.348 e. The van der Waals surface area contributed by atoms with Gasteiger partial charge in [-0.05, 0) is 30.3 Å². The molecule has 0 aliphatic carbocycles. The van der Waals surface area contributed by atoms with E-state index in [0.717, 1.165) is 11.3 Å². The number of esters is 1. The molecule has 0 bridgehead atoms. The first-order valence-corrected chi connectivity index (χ1v) is 8.17. The third-order valence-corrected chi connectivity index (χ3v) is 4.48. The highest BCUT2D eigenvalue weighted by molar-refractivity contribution is 7.20. The van der Waals surface area contributed by atoms with Gasteiger partial charge in [-0.2, -0.15) is 0 Å². The van der Waals surface area contributed by atoms with Crippen LogP contribution in [-0.2, 0) is 9.53 Å². The zero-order valence-electron chi connectivity index (χ0n) is 13.2. The lowest BCUT2D eigenvalue weighted by atomic mass is 10.2. The maximum absolute atomic E-state index is 13.7. The predicted molar refractivity (Wildman–Crippen MR) is 93.7 cm³/mol. The number of anilines is 1. The van der Waals surface area contributed by atoms with Crippen molar-refractivity contribution < 1.29 is 23.5 Å². The summed E-state index contributed by atoms with van der Waals surface area (Å²) in [5, 5.41) is 2.97. The van der Waals surface area contributed by atoms with Crippen molar-refractivity contribution in [2.24, 2.45) is 0 Å². The van der Waals surface area contributed by atoms with Crippen LogP contribution in [0.15, 0.2) is 48.5 Å². The second-order valence-electron chi connectivity index (χ2n) is 5.12. The molecule has 1 amide bonds. The fraction of sp³-hybridized carbons (Fsp3) is 0.111. The van der Waals surface area contributed by atoms with Crippen LogP contribution in [0.4, 0.5) is 10.1 Å². The molecule has 1 aromatic heterocycles. The molecule has 0 atom stereocenters. The van der Waals surface area contributed by atoms with Crippen LogP contribution in [0.1, 0.15) is 9.67 Å². The number of halogens is 1. The van der Waals surface area contributed by atoms with Gasteiger partial charge in [0.15, 0.2) is 6.61 Å². The number of carbonyl (C=O) groups excluding carboxylic acids is 2. The van der Waals surface area contributed by atoms with E-state index in [-0.39, 0.29) is 4.88 Å². The number of hydrogen-bond acceptors (Lipinski definition) is 5. The van der Waals surface area contributed by atoms with Crippen LogP contribution in [-0.4, -0.2) is 25.6 Å². The summed E-state index contributed by atoms with van der Waals surface area (Å²) in [6.07, 6.45) is 0. The van der Waals surface area contributed by atoms with Gasteiger partial charge in [0.1, 0.15) is 16.4 Å². The molecular formula is C18H14FNO4S. The molecule has 7 heteroatoms. The van der Waals surface area contributed by atoms with Gasteiger partial charge in [-0.25, -0.2) is 9.18 Å². The summed E-state index contributed by atoms with van der Waals surface area (Å²) in [5.41, 5.74) is 0.532. The van der Waals surface area contributed by atoms with Crippen molar-refractivity contribution in [2.75, 3.05) is 19.0 Å². The molecule has 3 aromatic rings. The van der Waals surface area contributed by atoms with Gasteiger partial charge in [0, 0.05) is 21.8 Å². The van der Waals surface area contributed by atoms with E-state index in [1.165, 1.54) is 19.2 Å². The Balaban J connectivity index is 1.61. The summed E-state index contributed by atoms with van der Waals surface area (Å²) in [5.74, 6) is -0.944. The summed E-state index contributed by atoms with van der Waals surface area (Å²) in [6.45, 7) is -0.438. The van der Waals surface area contributed by atoms with Crippen LogP contribution in [0.3, 0.4) is 0 Å². The molecule has 3 rings (SSSR count). The quantitative estimate of drug-likeness (QED) is 0.703. The number of carbonyl (C=O) groups is 2. The Morgan fingerprint density at radius 3 is 2.72 bits per heavy atom. The number of fused-ring (bicyclic) bond motifs is 1. The fourth-order valence-corrected chi connectivity index (χ4v) is 3.20. The summed E-state index contributed by atoms with van der Waals surface area (Å²) < 4.78 is 24.4. The molecule has 128 valence electrons. The zero-order valence-corrected chi connectivity index (χ0v) is 14.1. The second-order valence-corrected chi connectivity index (χ2v) is 6.20. The van der Waals surface area contributed by atoms with Crippen molar-refractivity contribution in [3.63, 3.8) is 0 Å². The number of benzene rings is 2. The summed E-state index contributed by atoms with van der Waals surface area (Å²) in [7, 11) is 1.52. The molecule has 1 N–H and O–H groups in total. The minimum absolute atomic E-state index is 0.245. The molecule has 25 heavy (non-hydrogen) atoms. The van der Waals surface area contributed by atoms with Gasteiger partial charge in [0.05, 0.1) is 7.11 Å². The molecule has 2 aromatic carbocycles. The highest BCUT2D eigenvalue weighted by Crippen LogP contribution is 2.28. The molecule has 0 radical (unpaired) electrons. The summed E-state index contributed by atoms with van der Waals surface area (Å²) in [6, 6.07) is 12.9. The highest BCUT2D eigenvalue weighted by atomic mass is 32.1. The molecule has 0 fully saturated rings. The Morgan fingerprint density at radius 2 is 1.96 bits per heavy atom. The van der Waals surface area contributed by atoms with Crippen LogP contribution in [0.5, 0.6) is 5.75 Å². The van der Waals surface area contributed by atoms with E-state index in [4.69, 9.17) is 9.47 Å². The van der Waals surface area contributed by atoms with Gasteiger partial charge >= 0.3 is 5.97 Å². The standard InChI is InChI=1S/C18H14FNO4S/c1-23-12-5-2-4-11(8-12)20-17(21)10-24-18(22)16-9-13-14(19)6-3-7-15(13)25-16/h2-9H,10H2,1H3,(H,20,21). The first kappa shape index (κ1) is 16.9. The summed E-state index contributed by atoms with van der Waals surface area (Å²) in [4.78, 5) is 24.2. The Morgan fingerprint density at radius 1 is 1.16 bits per heavy atom. The van der Waals surface area contributed by atoms with E-state index >= 15 is 0 Å². The van der Waals surface area contributed by atoms with E-state index in [2.05, 4.69) is 5.32 Å². The normalized spacial score (nSPS) is 10.5. The minimum atomic E-state index is -0.665. The zero-order chi connectivity index (χ0) is 17.8. The fourth-order valence-electron chi connectivity index (χ4n) is 2.23. The second kappa shape index (κ2) is 7.31. The number of amides is 1. The first-order chi connectivity index (χ1) is 12.1. The van der Waals surface area contributed by atoms with E-state index in [1.807, 2.05) is 0 Å². The van der Waals surface area contributed by atoms with Crippen LogP contribution < -0.4 is 10.1 Å². The molecule has 0 aliphatic rings. The van der Waals surface area contributed by atoms with Gasteiger partial charge < -0.3 is 14.8 Å². The number of thiophene rings is 1. The molecule has 0 spiro atoms. The van der Waals surface area contributed by atoms with Crippen LogP contribution >= 0.6 is 11.3 Å². The van der Waals surface area contributed by atoms with Crippen molar-refractivity contribution in [2.45, 2.75) is 0 Å². The molecule has 0 saturated heterocycles. The summed E-state index contributed by atoms with van der Waals surface area (Å²) >= 11 is 1.12. The number of ether oxygens (including phenoxy) is 2. The van der Waals surface area contributed by atoms with E-state index in [1.54, 1.807) is 36.4 Å². The van der Waals surface area contributed by atoms with Gasteiger partial charge in [0.25, 0.3) is 5.91 Å². The molecule has 0 saturated carbocycles. The maximum atomic E-state index is 13.7. The number of rotatable bonds is 5. The van der Waals surface area contributed by atoms with Gasteiger partial charge in [-0.15, -0.1) is 11.3 Å². The van der Waals surface area contributed by atoms with Crippen molar-refractivity contribution in [1.29, 1.82) is 0 Å². The lowest BCUT2D eigenvalue weighted by Crippen LogP contribution is -2.20. The third kappa shape index (κ3) is 3.95. The van der Waals surface area contributed by atoms with Crippen molar-refractivity contribution >= 4 is 39.0 Å². The van der Waals surface area contributed by atoms with Gasteiger partial charge in [-0.3, -0.25) is 4.79 Å². The lowest BCUT2D eigenvalue weighted by molar-refractivity contribution is -0.119. The van der Waals surface area contributed by atoms with Gasteiger partial charge in [-0.1, -0.05) is 12.1 Å². The van der Waals surface area contributed by atoms with Crippen LogP contribution in [0.2, 0.25) is 0 Å². The molecule has 0 aliphatic heterocycles. The van der Waals surface area contributed by atoms with Crippen molar-refractivity contribution in [3.05, 3.63) is 59.2 Å². The average molecular weight is 359 g/mol. The Bertz CT molecular complexity index is 938. The first-order valence-electron chi connectivity index (χ1n) is 7.36. The van der Waals surface area contributed by atoms with Crippen LogP contribution in [0.25, 0.3) is 10.1 Å². The topological polar surface area (TPSA) is 64.6 Å². The Kier molecular flexibility index (Phi) is 4.95. The third-order valence-electron chi connectivity index (χ3n) is 3.40. The molecule has 5 nitrogen and oxygen atoms in total. The number of nitrogens with one attached hydrogen (secondary N) is 1. The van der Waals surface area contributed by atoms with E-state index in [9.17, 15) is 14.0 Å². The van der Waals surface area contributed by atoms with Crippen LogP contribution in [0, 0.1) is 5.82 Å². The minimum Gasteiger partial charge on any atom is -0.497 e. The lowest BCUT2D eigenvalue weighted by Gasteiger charge is -2.07. The van der Waals surface area contributed by atoms with Crippen molar-refractivity contribution in [1.82, 2.24) is 0 Å². The predicted octanol–water partition coefficient (Wildman–Crippen LogP) is 3.84. The highest BCUT2D eigenvalue weighted by Gasteiger charge is 2.15. The largest absolute Gasteiger partial charge is 0.497 e. The number of hydrogen-bond donors (Lipinski definition) is 1. The number of methoxy groups -OCH3 is 1. The SMILES string of the molecule is COc1cccc(NC(=O)COC(=O)c2cc3c(F)cccc3s2)c1.